The fraction of sp³-hybridized carbons (Fsp3) is 0.625. The van der Waals surface area contributed by atoms with Crippen LogP contribution in [0.5, 0.6) is 0 Å². The maximum absolute atomic E-state index is 11.0. The summed E-state index contributed by atoms with van der Waals surface area (Å²) in [5, 5.41) is 5.19. The van der Waals surface area contributed by atoms with Gasteiger partial charge in [-0.2, -0.15) is 0 Å². The Balaban J connectivity index is 2.24. The van der Waals surface area contributed by atoms with Gasteiger partial charge in [-0.25, -0.2) is 0 Å². The molecule has 0 unspecified atom stereocenters. The van der Waals surface area contributed by atoms with Gasteiger partial charge in [0.2, 0.25) is 0 Å². The van der Waals surface area contributed by atoms with Crippen LogP contribution in [0, 0.1) is 0 Å². The molecule has 1 rings (SSSR count). The Labute approximate surface area is 75.9 Å². The van der Waals surface area contributed by atoms with E-state index in [9.17, 15) is 4.79 Å². The molecule has 0 saturated carbocycles. The van der Waals surface area contributed by atoms with E-state index in [1.54, 1.807) is 18.0 Å². The van der Waals surface area contributed by atoms with E-state index in [0.717, 1.165) is 10.6 Å². The summed E-state index contributed by atoms with van der Waals surface area (Å²) >= 11 is 1.62. The van der Waals surface area contributed by atoms with Crippen LogP contribution < -0.4 is 5.56 Å². The molecule has 0 bridgehead atoms. The van der Waals surface area contributed by atoms with Gasteiger partial charge in [0.05, 0.1) is 4.90 Å². The SMILES string of the molecule is CCCCCSc1c[nH][nH]c1=O. The third-order valence-electron chi connectivity index (χ3n) is 1.62. The minimum atomic E-state index is -0.00324. The first kappa shape index (κ1) is 9.45. The number of aromatic nitrogens is 2. The highest BCUT2D eigenvalue weighted by molar-refractivity contribution is 7.99. The van der Waals surface area contributed by atoms with Crippen molar-refractivity contribution in [1.82, 2.24) is 10.2 Å². The lowest BCUT2D eigenvalue weighted by atomic mass is 10.3. The molecule has 0 aliphatic heterocycles. The molecule has 0 aromatic carbocycles. The third-order valence-corrected chi connectivity index (χ3v) is 2.73. The monoisotopic (exact) mass is 186 g/mol. The molecule has 4 heteroatoms. The van der Waals surface area contributed by atoms with Crippen LogP contribution in [0.15, 0.2) is 15.9 Å². The van der Waals surface area contributed by atoms with Crippen molar-refractivity contribution >= 4 is 11.8 Å². The maximum Gasteiger partial charge on any atom is 0.277 e. The van der Waals surface area contributed by atoms with Crippen LogP contribution in [-0.4, -0.2) is 16.0 Å². The Morgan fingerprint density at radius 3 is 2.92 bits per heavy atom. The van der Waals surface area contributed by atoms with E-state index in [0.29, 0.717) is 0 Å². The molecule has 68 valence electrons. The van der Waals surface area contributed by atoms with Crippen molar-refractivity contribution in [1.29, 1.82) is 0 Å². The summed E-state index contributed by atoms with van der Waals surface area (Å²) in [6.45, 7) is 2.17. The van der Waals surface area contributed by atoms with E-state index in [1.807, 2.05) is 0 Å². The predicted molar refractivity (Wildman–Crippen MR) is 51.7 cm³/mol. The fourth-order valence-corrected chi connectivity index (χ4v) is 1.83. The molecule has 0 aliphatic carbocycles. The first-order valence-corrected chi connectivity index (χ1v) is 5.22. The summed E-state index contributed by atoms with van der Waals surface area (Å²) in [4.78, 5) is 11.8. The van der Waals surface area contributed by atoms with Gasteiger partial charge in [-0.15, -0.1) is 11.8 Å². The molecule has 1 heterocycles. The number of H-pyrrole nitrogens is 2. The summed E-state index contributed by atoms with van der Waals surface area (Å²) in [6, 6.07) is 0. The Morgan fingerprint density at radius 1 is 1.50 bits per heavy atom. The number of thioether (sulfide) groups is 1. The molecule has 3 nitrogen and oxygen atoms in total. The van der Waals surface area contributed by atoms with Gasteiger partial charge in [0.1, 0.15) is 0 Å². The molecule has 2 N–H and O–H groups in total. The fourth-order valence-electron chi connectivity index (χ4n) is 0.936. The normalized spacial score (nSPS) is 10.4. The average molecular weight is 186 g/mol. The number of aromatic amines is 2. The van der Waals surface area contributed by atoms with Gasteiger partial charge >= 0.3 is 0 Å². The van der Waals surface area contributed by atoms with Gasteiger partial charge in [0.25, 0.3) is 5.56 Å². The van der Waals surface area contributed by atoms with Crippen molar-refractivity contribution < 1.29 is 0 Å². The summed E-state index contributed by atoms with van der Waals surface area (Å²) in [6.07, 6.45) is 5.38. The van der Waals surface area contributed by atoms with Crippen molar-refractivity contribution in [2.45, 2.75) is 31.1 Å². The second kappa shape index (κ2) is 5.09. The maximum atomic E-state index is 11.0. The van der Waals surface area contributed by atoms with Crippen LogP contribution in [0.2, 0.25) is 0 Å². The highest BCUT2D eigenvalue weighted by Gasteiger charge is 1.98. The lowest BCUT2D eigenvalue weighted by Gasteiger charge is -1.94. The third kappa shape index (κ3) is 2.77. The van der Waals surface area contributed by atoms with Crippen molar-refractivity contribution in [3.63, 3.8) is 0 Å². The highest BCUT2D eigenvalue weighted by atomic mass is 32.2. The Kier molecular flexibility index (Phi) is 4.00. The summed E-state index contributed by atoms with van der Waals surface area (Å²) in [5.41, 5.74) is -0.00324. The molecule has 1 aromatic heterocycles. The molecule has 0 spiro atoms. The number of nitrogens with one attached hydrogen (secondary N) is 2. The standard InChI is InChI=1S/C8H14N2OS/c1-2-3-4-5-12-7-6-9-10-8(7)11/h6H,2-5H2,1H3,(H2,9,10,11). The summed E-state index contributed by atoms with van der Waals surface area (Å²) < 4.78 is 0. The smallest absolute Gasteiger partial charge is 0.277 e. The van der Waals surface area contributed by atoms with Gasteiger partial charge in [-0.05, 0) is 12.2 Å². The van der Waals surface area contributed by atoms with Gasteiger partial charge in [0.15, 0.2) is 0 Å². The van der Waals surface area contributed by atoms with E-state index in [4.69, 9.17) is 0 Å². The van der Waals surface area contributed by atoms with Crippen LogP contribution in [0.25, 0.3) is 0 Å². The van der Waals surface area contributed by atoms with Crippen molar-refractivity contribution in [3.8, 4) is 0 Å². The number of unbranched alkanes of at least 4 members (excludes halogenated alkanes) is 2. The molecule has 0 radical (unpaired) electrons. The van der Waals surface area contributed by atoms with Gasteiger partial charge in [-0.3, -0.25) is 9.89 Å². The minimum Gasteiger partial charge on any atom is -0.304 e. The highest BCUT2D eigenvalue weighted by Crippen LogP contribution is 2.13. The van der Waals surface area contributed by atoms with E-state index in [2.05, 4.69) is 17.1 Å². The van der Waals surface area contributed by atoms with Gasteiger partial charge in [0, 0.05) is 6.20 Å². The summed E-state index contributed by atoms with van der Waals surface area (Å²) in [5.74, 6) is 1.04. The largest absolute Gasteiger partial charge is 0.304 e. The zero-order valence-corrected chi connectivity index (χ0v) is 8.04. The van der Waals surface area contributed by atoms with Crippen LogP contribution in [-0.2, 0) is 0 Å². The van der Waals surface area contributed by atoms with Crippen LogP contribution >= 0.6 is 11.8 Å². The van der Waals surface area contributed by atoms with E-state index >= 15 is 0 Å². The number of rotatable bonds is 5. The predicted octanol–water partition coefficient (Wildman–Crippen LogP) is 1.99. The second-order valence-electron chi connectivity index (χ2n) is 2.66. The van der Waals surface area contributed by atoms with Crippen molar-refractivity contribution in [2.75, 3.05) is 5.75 Å². The molecule has 0 amide bonds. The topological polar surface area (TPSA) is 48.6 Å². The van der Waals surface area contributed by atoms with Crippen molar-refractivity contribution in [3.05, 3.63) is 16.6 Å². The molecule has 0 aliphatic rings. The van der Waals surface area contributed by atoms with Gasteiger partial charge < -0.3 is 5.10 Å². The van der Waals surface area contributed by atoms with E-state index in [-0.39, 0.29) is 5.56 Å². The van der Waals surface area contributed by atoms with E-state index < -0.39 is 0 Å². The second-order valence-corrected chi connectivity index (χ2v) is 3.80. The zero-order valence-electron chi connectivity index (χ0n) is 7.22. The average Bonchev–Trinajstić information content (AvgIpc) is 2.46. The molecule has 0 atom stereocenters. The molecule has 0 fully saturated rings. The van der Waals surface area contributed by atoms with Crippen molar-refractivity contribution in [2.24, 2.45) is 0 Å². The lowest BCUT2D eigenvalue weighted by Crippen LogP contribution is -2.00. The first-order chi connectivity index (χ1) is 5.84. The number of hydrogen-bond donors (Lipinski definition) is 2. The quantitative estimate of drug-likeness (QED) is 0.545. The number of hydrogen-bond acceptors (Lipinski definition) is 2. The summed E-state index contributed by atoms with van der Waals surface area (Å²) in [7, 11) is 0. The molecular formula is C8H14N2OS. The first-order valence-electron chi connectivity index (χ1n) is 4.23. The lowest BCUT2D eigenvalue weighted by molar-refractivity contribution is 0.778. The van der Waals surface area contributed by atoms with Gasteiger partial charge in [-0.1, -0.05) is 19.8 Å². The minimum absolute atomic E-state index is 0.00324. The van der Waals surface area contributed by atoms with E-state index in [1.165, 1.54) is 19.3 Å². The van der Waals surface area contributed by atoms with Crippen LogP contribution in [0.4, 0.5) is 0 Å². The Hall–Kier alpha value is -0.640. The molecule has 1 aromatic rings. The molecular weight excluding hydrogens is 172 g/mol. The molecule has 0 saturated heterocycles. The van der Waals surface area contributed by atoms with Crippen LogP contribution in [0.3, 0.4) is 0 Å². The van der Waals surface area contributed by atoms with Crippen LogP contribution in [0.1, 0.15) is 26.2 Å². The zero-order chi connectivity index (χ0) is 8.81. The Bertz CT molecular complexity index is 266. The molecule has 12 heavy (non-hydrogen) atoms. The Morgan fingerprint density at radius 2 is 2.33 bits per heavy atom.